The lowest BCUT2D eigenvalue weighted by Crippen LogP contribution is -2.34. The lowest BCUT2D eigenvalue weighted by atomic mass is 10.2. The highest BCUT2D eigenvalue weighted by Gasteiger charge is 2.18. The average Bonchev–Trinajstić information content (AvgIpc) is 2.84. The van der Waals surface area contributed by atoms with Crippen molar-refractivity contribution in [2.45, 2.75) is 18.9 Å². The van der Waals surface area contributed by atoms with Gasteiger partial charge in [0.05, 0.1) is 6.20 Å². The summed E-state index contributed by atoms with van der Waals surface area (Å²) in [6.45, 7) is 3.43. The van der Waals surface area contributed by atoms with Crippen LogP contribution < -0.4 is 5.32 Å². The Kier molecular flexibility index (Phi) is 3.38. The monoisotopic (exact) mass is 208 g/mol. The van der Waals surface area contributed by atoms with Crippen molar-refractivity contribution in [3.8, 4) is 0 Å². The van der Waals surface area contributed by atoms with Gasteiger partial charge in [-0.25, -0.2) is 0 Å². The smallest absolute Gasteiger partial charge is 0.0522 e. The maximum absolute atomic E-state index is 4.18. The number of rotatable bonds is 4. The molecule has 1 aromatic rings. The Morgan fingerprint density at radius 3 is 3.13 bits per heavy atom. The van der Waals surface area contributed by atoms with E-state index in [0.717, 1.165) is 25.6 Å². The van der Waals surface area contributed by atoms with Crippen molar-refractivity contribution >= 4 is 0 Å². The van der Waals surface area contributed by atoms with Crippen LogP contribution in [0.4, 0.5) is 0 Å². The van der Waals surface area contributed by atoms with Gasteiger partial charge < -0.3 is 10.2 Å². The number of likely N-dealkylation sites (N-methyl/N-ethyl adjacent to an activating group) is 1. The molecule has 1 aliphatic heterocycles. The standard InChI is InChI=1S/C11H20N4/c1-14(11-3-5-12-8-11)6-4-10-7-13-15(2)9-10/h7,9,11-12H,3-6,8H2,1-2H3. The van der Waals surface area contributed by atoms with Gasteiger partial charge in [-0.05, 0) is 32.0 Å². The maximum Gasteiger partial charge on any atom is 0.0522 e. The van der Waals surface area contributed by atoms with Crippen molar-refractivity contribution in [1.82, 2.24) is 20.0 Å². The molecule has 2 rings (SSSR count). The topological polar surface area (TPSA) is 33.1 Å². The van der Waals surface area contributed by atoms with E-state index in [2.05, 4.69) is 28.6 Å². The minimum atomic E-state index is 0.724. The Morgan fingerprint density at radius 1 is 1.67 bits per heavy atom. The van der Waals surface area contributed by atoms with Gasteiger partial charge in [0.2, 0.25) is 0 Å². The molecule has 84 valence electrons. The predicted octanol–water partition coefficient (Wildman–Crippen LogP) is 0.256. The van der Waals surface area contributed by atoms with Crippen LogP contribution in [0.3, 0.4) is 0 Å². The molecule has 4 heteroatoms. The van der Waals surface area contributed by atoms with Gasteiger partial charge in [-0.15, -0.1) is 0 Å². The third-order valence-corrected chi connectivity index (χ3v) is 3.17. The average molecular weight is 208 g/mol. The van der Waals surface area contributed by atoms with E-state index in [1.54, 1.807) is 0 Å². The van der Waals surface area contributed by atoms with Crippen LogP contribution in [0.1, 0.15) is 12.0 Å². The molecular formula is C11H20N4. The SMILES string of the molecule is CN(CCc1cnn(C)c1)C1CCNC1. The van der Waals surface area contributed by atoms with E-state index in [9.17, 15) is 0 Å². The van der Waals surface area contributed by atoms with Gasteiger partial charge in [0.25, 0.3) is 0 Å². The fraction of sp³-hybridized carbons (Fsp3) is 0.727. The first-order valence-corrected chi connectivity index (χ1v) is 5.64. The lowest BCUT2D eigenvalue weighted by molar-refractivity contribution is 0.260. The van der Waals surface area contributed by atoms with Crippen molar-refractivity contribution in [1.29, 1.82) is 0 Å². The molecule has 1 saturated heterocycles. The quantitative estimate of drug-likeness (QED) is 0.770. The normalized spacial score (nSPS) is 21.4. The summed E-state index contributed by atoms with van der Waals surface area (Å²) in [5, 5.41) is 7.58. The Hall–Kier alpha value is -0.870. The molecule has 1 atom stereocenters. The fourth-order valence-electron chi connectivity index (χ4n) is 2.10. The molecule has 15 heavy (non-hydrogen) atoms. The van der Waals surface area contributed by atoms with Gasteiger partial charge in [0, 0.05) is 32.4 Å². The van der Waals surface area contributed by atoms with Crippen molar-refractivity contribution in [2.24, 2.45) is 7.05 Å². The van der Waals surface area contributed by atoms with Gasteiger partial charge in [-0.1, -0.05) is 0 Å². The molecule has 2 heterocycles. The highest BCUT2D eigenvalue weighted by molar-refractivity contribution is 5.04. The molecule has 1 fully saturated rings. The molecule has 0 saturated carbocycles. The third-order valence-electron chi connectivity index (χ3n) is 3.17. The largest absolute Gasteiger partial charge is 0.315 e. The van der Waals surface area contributed by atoms with Crippen LogP contribution >= 0.6 is 0 Å². The first kappa shape index (κ1) is 10.6. The van der Waals surface area contributed by atoms with Crippen LogP contribution in [-0.2, 0) is 13.5 Å². The first-order chi connectivity index (χ1) is 7.25. The van der Waals surface area contributed by atoms with Crippen LogP contribution in [-0.4, -0.2) is 47.4 Å². The van der Waals surface area contributed by atoms with Gasteiger partial charge in [-0.2, -0.15) is 5.10 Å². The number of hydrogen-bond donors (Lipinski definition) is 1. The second-order valence-corrected chi connectivity index (χ2v) is 4.40. The van der Waals surface area contributed by atoms with Crippen molar-refractivity contribution < 1.29 is 0 Å². The maximum atomic E-state index is 4.18. The molecule has 1 aliphatic rings. The summed E-state index contributed by atoms with van der Waals surface area (Å²) in [4.78, 5) is 2.45. The zero-order valence-corrected chi connectivity index (χ0v) is 9.61. The summed E-state index contributed by atoms with van der Waals surface area (Å²) in [5.74, 6) is 0. The van der Waals surface area contributed by atoms with E-state index in [0.29, 0.717) is 0 Å². The summed E-state index contributed by atoms with van der Waals surface area (Å²) in [6.07, 6.45) is 6.44. The number of aryl methyl sites for hydroxylation is 1. The van der Waals surface area contributed by atoms with Gasteiger partial charge in [-0.3, -0.25) is 4.68 Å². The fourth-order valence-corrected chi connectivity index (χ4v) is 2.10. The molecule has 0 aromatic carbocycles. The van der Waals surface area contributed by atoms with Crippen LogP contribution in [0.25, 0.3) is 0 Å². The summed E-state index contributed by atoms with van der Waals surface area (Å²) in [7, 11) is 4.18. The van der Waals surface area contributed by atoms with Crippen LogP contribution in [0.15, 0.2) is 12.4 Å². The van der Waals surface area contributed by atoms with E-state index in [4.69, 9.17) is 0 Å². The lowest BCUT2D eigenvalue weighted by Gasteiger charge is -2.22. The third kappa shape index (κ3) is 2.79. The second kappa shape index (κ2) is 4.77. The van der Waals surface area contributed by atoms with Crippen LogP contribution in [0.2, 0.25) is 0 Å². The molecule has 0 aliphatic carbocycles. The van der Waals surface area contributed by atoms with E-state index in [-0.39, 0.29) is 0 Å². The zero-order valence-electron chi connectivity index (χ0n) is 9.61. The Morgan fingerprint density at radius 2 is 2.53 bits per heavy atom. The summed E-state index contributed by atoms with van der Waals surface area (Å²) >= 11 is 0. The van der Waals surface area contributed by atoms with E-state index in [1.165, 1.54) is 18.5 Å². The molecular weight excluding hydrogens is 188 g/mol. The highest BCUT2D eigenvalue weighted by Crippen LogP contribution is 2.07. The van der Waals surface area contributed by atoms with Gasteiger partial charge in [0.1, 0.15) is 0 Å². The molecule has 0 amide bonds. The van der Waals surface area contributed by atoms with E-state index < -0.39 is 0 Å². The summed E-state index contributed by atoms with van der Waals surface area (Å²) in [5.41, 5.74) is 1.33. The molecule has 0 bridgehead atoms. The first-order valence-electron chi connectivity index (χ1n) is 5.64. The van der Waals surface area contributed by atoms with E-state index >= 15 is 0 Å². The van der Waals surface area contributed by atoms with Crippen LogP contribution in [0, 0.1) is 0 Å². The predicted molar refractivity (Wildman–Crippen MR) is 60.8 cm³/mol. The second-order valence-electron chi connectivity index (χ2n) is 4.40. The van der Waals surface area contributed by atoms with Crippen molar-refractivity contribution in [2.75, 3.05) is 26.7 Å². The molecule has 1 N–H and O–H groups in total. The van der Waals surface area contributed by atoms with Crippen molar-refractivity contribution in [3.05, 3.63) is 18.0 Å². The zero-order chi connectivity index (χ0) is 10.7. The minimum Gasteiger partial charge on any atom is -0.315 e. The Balaban J connectivity index is 1.77. The molecule has 1 unspecified atom stereocenters. The van der Waals surface area contributed by atoms with Gasteiger partial charge in [0.15, 0.2) is 0 Å². The summed E-state index contributed by atoms with van der Waals surface area (Å²) < 4.78 is 1.87. The van der Waals surface area contributed by atoms with Gasteiger partial charge >= 0.3 is 0 Å². The molecule has 0 radical (unpaired) electrons. The van der Waals surface area contributed by atoms with E-state index in [1.807, 2.05) is 17.9 Å². The van der Waals surface area contributed by atoms with Crippen LogP contribution in [0.5, 0.6) is 0 Å². The number of hydrogen-bond acceptors (Lipinski definition) is 3. The molecule has 1 aromatic heterocycles. The highest BCUT2D eigenvalue weighted by atomic mass is 15.2. The Labute approximate surface area is 91.3 Å². The molecule has 0 spiro atoms. The van der Waals surface area contributed by atoms with Crippen molar-refractivity contribution in [3.63, 3.8) is 0 Å². The number of nitrogens with zero attached hydrogens (tertiary/aromatic N) is 3. The Bertz CT molecular complexity index is 301. The molecule has 4 nitrogen and oxygen atoms in total. The minimum absolute atomic E-state index is 0.724. The number of aromatic nitrogens is 2. The number of nitrogens with one attached hydrogen (secondary N) is 1. The summed E-state index contributed by atoms with van der Waals surface area (Å²) in [6, 6.07) is 0.724.